The summed E-state index contributed by atoms with van der Waals surface area (Å²) < 4.78 is 5.57. The molecule has 0 N–H and O–H groups in total. The third-order valence-corrected chi connectivity index (χ3v) is 5.40. The SMILES string of the molecule is O=C(CN(Cc1ccccc1)C(=O)Cl)OCC1c2ccccc2-c2ccccc21. The molecule has 0 heterocycles. The Morgan fingerprint density at radius 1 is 0.828 bits per heavy atom. The van der Waals surface area contributed by atoms with Gasteiger partial charge in [0.1, 0.15) is 13.2 Å². The molecule has 0 spiro atoms. The maximum atomic E-state index is 12.5. The van der Waals surface area contributed by atoms with Crippen LogP contribution in [0.4, 0.5) is 4.79 Å². The molecule has 0 fully saturated rings. The first kappa shape index (κ1) is 19.2. The number of halogens is 1. The van der Waals surface area contributed by atoms with E-state index in [0.29, 0.717) is 0 Å². The number of benzene rings is 3. The number of hydrogen-bond donors (Lipinski definition) is 0. The van der Waals surface area contributed by atoms with Crippen LogP contribution in [0, 0.1) is 0 Å². The molecule has 0 radical (unpaired) electrons. The molecule has 146 valence electrons. The molecular weight excluding hydrogens is 386 g/mol. The van der Waals surface area contributed by atoms with Crippen LogP contribution in [0.2, 0.25) is 0 Å². The topological polar surface area (TPSA) is 46.6 Å². The third kappa shape index (κ3) is 4.17. The fourth-order valence-electron chi connectivity index (χ4n) is 3.80. The van der Waals surface area contributed by atoms with Gasteiger partial charge in [-0.05, 0) is 39.4 Å². The van der Waals surface area contributed by atoms with Crippen molar-refractivity contribution in [3.05, 3.63) is 95.6 Å². The van der Waals surface area contributed by atoms with Crippen LogP contribution >= 0.6 is 11.6 Å². The molecule has 3 aromatic carbocycles. The second kappa shape index (κ2) is 8.50. The van der Waals surface area contributed by atoms with Crippen LogP contribution in [0.3, 0.4) is 0 Å². The Hall–Kier alpha value is -3.11. The molecule has 1 amide bonds. The number of fused-ring (bicyclic) bond motifs is 3. The molecule has 0 atom stereocenters. The van der Waals surface area contributed by atoms with Gasteiger partial charge in [-0.1, -0.05) is 78.9 Å². The summed E-state index contributed by atoms with van der Waals surface area (Å²) in [4.78, 5) is 25.5. The fraction of sp³-hybridized carbons (Fsp3) is 0.167. The number of rotatable bonds is 6. The van der Waals surface area contributed by atoms with Crippen molar-refractivity contribution in [2.75, 3.05) is 13.2 Å². The van der Waals surface area contributed by atoms with E-state index in [1.165, 1.54) is 16.0 Å². The average molecular weight is 406 g/mol. The largest absolute Gasteiger partial charge is 0.463 e. The van der Waals surface area contributed by atoms with Crippen molar-refractivity contribution in [3.8, 4) is 11.1 Å². The van der Waals surface area contributed by atoms with E-state index in [4.69, 9.17) is 16.3 Å². The average Bonchev–Trinajstić information content (AvgIpc) is 3.06. The normalized spacial score (nSPS) is 12.2. The summed E-state index contributed by atoms with van der Waals surface area (Å²) in [7, 11) is 0. The number of carbonyl (C=O) groups is 2. The van der Waals surface area contributed by atoms with E-state index in [9.17, 15) is 9.59 Å². The van der Waals surface area contributed by atoms with Crippen molar-refractivity contribution in [2.45, 2.75) is 12.5 Å². The van der Waals surface area contributed by atoms with Crippen LogP contribution in [0.1, 0.15) is 22.6 Å². The molecule has 0 unspecified atom stereocenters. The molecule has 1 aliphatic carbocycles. The standard InChI is InChI=1S/C24H20ClNO3/c25-24(28)26(14-17-8-2-1-3-9-17)15-23(27)29-16-22-20-12-6-4-10-18(20)19-11-5-7-13-21(19)22/h1-13,22H,14-16H2. The van der Waals surface area contributed by atoms with Crippen LogP contribution in [-0.4, -0.2) is 29.4 Å². The van der Waals surface area contributed by atoms with Gasteiger partial charge in [-0.2, -0.15) is 0 Å². The van der Waals surface area contributed by atoms with Crippen molar-refractivity contribution < 1.29 is 14.3 Å². The summed E-state index contributed by atoms with van der Waals surface area (Å²) in [5.41, 5.74) is 5.54. The molecular formula is C24H20ClNO3. The lowest BCUT2D eigenvalue weighted by molar-refractivity contribution is -0.144. The predicted molar refractivity (Wildman–Crippen MR) is 113 cm³/mol. The molecule has 4 nitrogen and oxygen atoms in total. The zero-order valence-corrected chi connectivity index (χ0v) is 16.5. The summed E-state index contributed by atoms with van der Waals surface area (Å²) >= 11 is 5.68. The summed E-state index contributed by atoms with van der Waals surface area (Å²) in [6, 6.07) is 25.7. The van der Waals surface area contributed by atoms with Crippen LogP contribution in [0.5, 0.6) is 0 Å². The molecule has 0 saturated heterocycles. The zero-order chi connectivity index (χ0) is 20.2. The number of ether oxygens (including phenoxy) is 1. The fourth-order valence-corrected chi connectivity index (χ4v) is 3.92. The highest BCUT2D eigenvalue weighted by molar-refractivity contribution is 6.62. The lowest BCUT2D eigenvalue weighted by Crippen LogP contribution is -2.33. The maximum absolute atomic E-state index is 12.5. The second-order valence-electron chi connectivity index (χ2n) is 7.00. The van der Waals surface area contributed by atoms with E-state index >= 15 is 0 Å². The lowest BCUT2D eigenvalue weighted by atomic mass is 9.98. The van der Waals surface area contributed by atoms with E-state index in [1.54, 1.807) is 0 Å². The van der Waals surface area contributed by atoms with Gasteiger partial charge in [0.25, 0.3) is 0 Å². The van der Waals surface area contributed by atoms with Crippen LogP contribution in [0.15, 0.2) is 78.9 Å². The van der Waals surface area contributed by atoms with E-state index in [0.717, 1.165) is 16.7 Å². The van der Waals surface area contributed by atoms with Crippen molar-refractivity contribution in [1.82, 2.24) is 4.90 Å². The minimum absolute atomic E-state index is 0.0133. The minimum atomic E-state index is -0.678. The Kier molecular flexibility index (Phi) is 5.63. The first-order valence-corrected chi connectivity index (χ1v) is 9.83. The molecule has 0 bridgehead atoms. The molecule has 3 aromatic rings. The lowest BCUT2D eigenvalue weighted by Gasteiger charge is -2.20. The molecule has 0 saturated carbocycles. The monoisotopic (exact) mass is 405 g/mol. The Morgan fingerprint density at radius 2 is 1.38 bits per heavy atom. The first-order chi connectivity index (χ1) is 14.1. The predicted octanol–water partition coefficient (Wildman–Crippen LogP) is 5.20. The van der Waals surface area contributed by atoms with Gasteiger partial charge in [-0.15, -0.1) is 0 Å². The van der Waals surface area contributed by atoms with E-state index in [1.807, 2.05) is 54.6 Å². The van der Waals surface area contributed by atoms with Gasteiger partial charge in [-0.25, -0.2) is 0 Å². The summed E-state index contributed by atoms with van der Waals surface area (Å²) in [5.74, 6) is -0.489. The van der Waals surface area contributed by atoms with Gasteiger partial charge in [0.05, 0.1) is 0 Å². The van der Waals surface area contributed by atoms with Gasteiger partial charge in [0.15, 0.2) is 0 Å². The molecule has 0 aliphatic heterocycles. The van der Waals surface area contributed by atoms with Gasteiger partial charge in [0.2, 0.25) is 0 Å². The molecule has 5 heteroatoms. The molecule has 4 rings (SSSR count). The number of esters is 1. The van der Waals surface area contributed by atoms with Gasteiger partial charge in [0, 0.05) is 12.5 Å². The number of hydrogen-bond acceptors (Lipinski definition) is 3. The number of amides is 1. The van der Waals surface area contributed by atoms with E-state index in [-0.39, 0.29) is 25.6 Å². The summed E-state index contributed by atoms with van der Waals surface area (Å²) in [5, 5.41) is -0.678. The quantitative estimate of drug-likeness (QED) is 0.321. The Bertz CT molecular complexity index is 990. The Labute approximate surface area is 174 Å². The highest BCUT2D eigenvalue weighted by atomic mass is 35.5. The number of carbonyl (C=O) groups excluding carboxylic acids is 2. The van der Waals surface area contributed by atoms with Crippen molar-refractivity contribution >= 4 is 22.9 Å². The Morgan fingerprint density at radius 3 is 1.97 bits per heavy atom. The zero-order valence-electron chi connectivity index (χ0n) is 15.8. The highest BCUT2D eigenvalue weighted by Gasteiger charge is 2.29. The van der Waals surface area contributed by atoms with Gasteiger partial charge < -0.3 is 9.64 Å². The molecule has 1 aliphatic rings. The maximum Gasteiger partial charge on any atom is 0.325 e. The van der Waals surface area contributed by atoms with E-state index in [2.05, 4.69) is 24.3 Å². The van der Waals surface area contributed by atoms with Crippen molar-refractivity contribution in [1.29, 1.82) is 0 Å². The minimum Gasteiger partial charge on any atom is -0.463 e. The number of nitrogens with zero attached hydrogens (tertiary/aromatic N) is 1. The van der Waals surface area contributed by atoms with Crippen LogP contribution in [0.25, 0.3) is 11.1 Å². The summed E-state index contributed by atoms with van der Waals surface area (Å²) in [6.45, 7) is 0.295. The van der Waals surface area contributed by atoms with Gasteiger partial charge in [-0.3, -0.25) is 9.59 Å². The highest BCUT2D eigenvalue weighted by Crippen LogP contribution is 2.44. The first-order valence-electron chi connectivity index (χ1n) is 9.45. The second-order valence-corrected chi connectivity index (χ2v) is 7.33. The Balaban J connectivity index is 1.43. The van der Waals surface area contributed by atoms with E-state index < -0.39 is 11.3 Å². The molecule has 0 aromatic heterocycles. The summed E-state index contributed by atoms with van der Waals surface area (Å²) in [6.07, 6.45) is 0. The smallest absolute Gasteiger partial charge is 0.325 e. The van der Waals surface area contributed by atoms with Crippen LogP contribution in [-0.2, 0) is 16.1 Å². The molecule has 29 heavy (non-hydrogen) atoms. The third-order valence-electron chi connectivity index (χ3n) is 5.16. The van der Waals surface area contributed by atoms with Crippen LogP contribution < -0.4 is 0 Å². The van der Waals surface area contributed by atoms with Gasteiger partial charge >= 0.3 is 11.3 Å². The van der Waals surface area contributed by atoms with Crippen molar-refractivity contribution in [3.63, 3.8) is 0 Å². The van der Waals surface area contributed by atoms with Crippen molar-refractivity contribution in [2.24, 2.45) is 0 Å².